The summed E-state index contributed by atoms with van der Waals surface area (Å²) in [5.41, 5.74) is 5.91. The SMILES string of the molecule is NC(N)=NCc1ccccc1.O=S(=O)(O)C(F)(F)F. The molecule has 19 heavy (non-hydrogen) atoms. The number of aliphatic imine (C=N–C) groups is 1. The van der Waals surface area contributed by atoms with E-state index in [9.17, 15) is 13.2 Å². The molecule has 0 aromatic heterocycles. The van der Waals surface area contributed by atoms with Crippen molar-refractivity contribution >= 4 is 16.1 Å². The van der Waals surface area contributed by atoms with Crippen LogP contribution in [-0.4, -0.2) is 24.4 Å². The van der Waals surface area contributed by atoms with Gasteiger partial charge in [0.15, 0.2) is 5.96 Å². The van der Waals surface area contributed by atoms with Gasteiger partial charge in [-0.3, -0.25) is 4.55 Å². The van der Waals surface area contributed by atoms with E-state index in [0.29, 0.717) is 6.54 Å². The second-order valence-corrected chi connectivity index (χ2v) is 4.56. The number of nitrogens with two attached hydrogens (primary N) is 2. The molecular formula is C9H12F3N3O3S. The van der Waals surface area contributed by atoms with Crippen LogP contribution in [0.25, 0.3) is 0 Å². The molecule has 1 aromatic carbocycles. The summed E-state index contributed by atoms with van der Waals surface area (Å²) in [7, 11) is -5.84. The molecule has 5 N–H and O–H groups in total. The zero-order chi connectivity index (χ0) is 15.1. The third-order valence-electron chi connectivity index (χ3n) is 1.58. The predicted molar refractivity (Wildman–Crippen MR) is 63.6 cm³/mol. The van der Waals surface area contributed by atoms with Gasteiger partial charge in [-0.2, -0.15) is 21.6 Å². The molecule has 0 aliphatic rings. The molecule has 0 bridgehead atoms. The third-order valence-corrected chi connectivity index (χ3v) is 2.16. The normalized spacial score (nSPS) is 11.2. The van der Waals surface area contributed by atoms with E-state index in [-0.39, 0.29) is 5.96 Å². The Hall–Kier alpha value is -1.81. The summed E-state index contributed by atoms with van der Waals surface area (Å²) in [5.74, 6) is 0.133. The third kappa shape index (κ3) is 8.00. The highest BCUT2D eigenvalue weighted by atomic mass is 32.2. The fourth-order valence-corrected chi connectivity index (χ4v) is 0.766. The summed E-state index contributed by atoms with van der Waals surface area (Å²) in [6.45, 7) is 0.559. The van der Waals surface area contributed by atoms with Crippen LogP contribution in [0.3, 0.4) is 0 Å². The first-order valence-corrected chi connectivity index (χ1v) is 6.11. The van der Waals surface area contributed by atoms with Gasteiger partial charge in [-0.15, -0.1) is 0 Å². The van der Waals surface area contributed by atoms with E-state index < -0.39 is 15.6 Å². The van der Waals surface area contributed by atoms with Gasteiger partial charge in [0.1, 0.15) is 0 Å². The van der Waals surface area contributed by atoms with E-state index in [1.807, 2.05) is 30.3 Å². The number of alkyl halides is 3. The first-order chi connectivity index (χ1) is 8.54. The van der Waals surface area contributed by atoms with Crippen molar-refractivity contribution in [3.8, 4) is 0 Å². The average Bonchev–Trinajstić information content (AvgIpc) is 2.26. The van der Waals surface area contributed by atoms with Crippen LogP contribution >= 0.6 is 0 Å². The maximum absolute atomic E-state index is 10.7. The van der Waals surface area contributed by atoms with Crippen LogP contribution in [0.5, 0.6) is 0 Å². The largest absolute Gasteiger partial charge is 0.522 e. The number of benzene rings is 1. The van der Waals surface area contributed by atoms with E-state index in [2.05, 4.69) is 4.99 Å². The van der Waals surface area contributed by atoms with E-state index >= 15 is 0 Å². The Morgan fingerprint density at radius 2 is 1.63 bits per heavy atom. The van der Waals surface area contributed by atoms with Crippen molar-refractivity contribution in [2.45, 2.75) is 12.1 Å². The van der Waals surface area contributed by atoms with Crippen molar-refractivity contribution in [2.24, 2.45) is 16.5 Å². The molecular weight excluding hydrogens is 287 g/mol. The molecule has 108 valence electrons. The summed E-state index contributed by atoms with van der Waals surface area (Å²) < 4.78 is 57.5. The standard InChI is InChI=1S/C8H11N3.CHF3O3S/c9-8(10)11-6-7-4-2-1-3-5-7;2-1(3,4)8(5,6)7/h1-5H,6H2,(H4,9,10,11);(H,5,6,7). The van der Waals surface area contributed by atoms with Crippen LogP contribution in [0.4, 0.5) is 13.2 Å². The average molecular weight is 299 g/mol. The van der Waals surface area contributed by atoms with Crippen LogP contribution in [0.2, 0.25) is 0 Å². The summed E-state index contributed by atoms with van der Waals surface area (Å²) >= 11 is 0. The summed E-state index contributed by atoms with van der Waals surface area (Å²) in [6.07, 6.45) is 0. The Morgan fingerprint density at radius 1 is 1.21 bits per heavy atom. The predicted octanol–water partition coefficient (Wildman–Crippen LogP) is 0.854. The number of guanidine groups is 1. The second kappa shape index (κ2) is 6.95. The highest BCUT2D eigenvalue weighted by Gasteiger charge is 2.44. The number of nitrogens with zero attached hydrogens (tertiary/aromatic N) is 1. The quantitative estimate of drug-likeness (QED) is 0.324. The first-order valence-electron chi connectivity index (χ1n) is 4.67. The summed E-state index contributed by atoms with van der Waals surface area (Å²) in [5, 5.41) is 0. The molecule has 0 aliphatic carbocycles. The van der Waals surface area contributed by atoms with Gasteiger partial charge >= 0.3 is 15.6 Å². The van der Waals surface area contributed by atoms with E-state index in [0.717, 1.165) is 5.56 Å². The van der Waals surface area contributed by atoms with Gasteiger partial charge in [0.25, 0.3) is 0 Å². The van der Waals surface area contributed by atoms with E-state index in [4.69, 9.17) is 24.4 Å². The molecule has 0 atom stereocenters. The van der Waals surface area contributed by atoms with Crippen molar-refractivity contribution in [1.82, 2.24) is 0 Å². The zero-order valence-electron chi connectivity index (χ0n) is 9.50. The van der Waals surface area contributed by atoms with Gasteiger partial charge in [-0.05, 0) is 5.56 Å². The molecule has 0 spiro atoms. The van der Waals surface area contributed by atoms with E-state index in [1.54, 1.807) is 0 Å². The number of hydrogen-bond acceptors (Lipinski definition) is 3. The highest BCUT2D eigenvalue weighted by molar-refractivity contribution is 7.86. The molecule has 1 aromatic rings. The number of halogens is 3. The molecule has 6 nitrogen and oxygen atoms in total. The zero-order valence-corrected chi connectivity index (χ0v) is 10.3. The Bertz CT molecular complexity index is 511. The van der Waals surface area contributed by atoms with Crippen LogP contribution in [0.1, 0.15) is 5.56 Å². The fraction of sp³-hybridized carbons (Fsp3) is 0.222. The van der Waals surface area contributed by atoms with Gasteiger partial charge in [0.05, 0.1) is 6.54 Å². The van der Waals surface area contributed by atoms with Crippen molar-refractivity contribution < 1.29 is 26.1 Å². The molecule has 0 fully saturated rings. The van der Waals surface area contributed by atoms with Gasteiger partial charge in [-0.1, -0.05) is 30.3 Å². The lowest BCUT2D eigenvalue weighted by molar-refractivity contribution is -0.0510. The highest BCUT2D eigenvalue weighted by Crippen LogP contribution is 2.20. The van der Waals surface area contributed by atoms with Crippen LogP contribution in [0, 0.1) is 0 Å². The summed E-state index contributed by atoms with van der Waals surface area (Å²) in [6, 6.07) is 9.83. The number of hydrogen-bond donors (Lipinski definition) is 3. The van der Waals surface area contributed by atoms with Crippen LogP contribution < -0.4 is 11.5 Å². The molecule has 0 heterocycles. The van der Waals surface area contributed by atoms with Crippen LogP contribution in [-0.2, 0) is 16.7 Å². The van der Waals surface area contributed by atoms with Crippen molar-refractivity contribution in [2.75, 3.05) is 0 Å². The lowest BCUT2D eigenvalue weighted by atomic mass is 10.2. The van der Waals surface area contributed by atoms with Crippen molar-refractivity contribution in [3.63, 3.8) is 0 Å². The Kier molecular flexibility index (Phi) is 6.28. The van der Waals surface area contributed by atoms with Gasteiger partial charge < -0.3 is 11.5 Å². The second-order valence-electron chi connectivity index (χ2n) is 3.15. The Morgan fingerprint density at radius 3 is 1.95 bits per heavy atom. The molecule has 10 heteroatoms. The van der Waals surface area contributed by atoms with Crippen LogP contribution in [0.15, 0.2) is 35.3 Å². The van der Waals surface area contributed by atoms with Crippen molar-refractivity contribution in [3.05, 3.63) is 35.9 Å². The molecule has 0 saturated carbocycles. The Labute approximate surface area is 107 Å². The monoisotopic (exact) mass is 299 g/mol. The maximum atomic E-state index is 10.7. The maximum Gasteiger partial charge on any atom is 0.522 e. The topological polar surface area (TPSA) is 119 Å². The molecule has 0 saturated heterocycles. The Balaban J connectivity index is 0.000000362. The fourth-order valence-electron chi connectivity index (χ4n) is 0.766. The molecule has 0 amide bonds. The summed E-state index contributed by atoms with van der Waals surface area (Å²) in [4.78, 5) is 3.87. The van der Waals surface area contributed by atoms with Gasteiger partial charge in [-0.25, -0.2) is 4.99 Å². The molecule has 0 aliphatic heterocycles. The van der Waals surface area contributed by atoms with Crippen molar-refractivity contribution in [1.29, 1.82) is 0 Å². The minimum absolute atomic E-state index is 0.133. The smallest absolute Gasteiger partial charge is 0.370 e. The van der Waals surface area contributed by atoms with Gasteiger partial charge in [0, 0.05) is 0 Å². The minimum Gasteiger partial charge on any atom is -0.370 e. The molecule has 0 radical (unpaired) electrons. The number of rotatable bonds is 2. The van der Waals surface area contributed by atoms with E-state index in [1.165, 1.54) is 0 Å². The lowest BCUT2D eigenvalue weighted by Gasteiger charge is -1.97. The molecule has 1 rings (SSSR count). The lowest BCUT2D eigenvalue weighted by Crippen LogP contribution is -2.22. The molecule has 0 unspecified atom stereocenters. The van der Waals surface area contributed by atoms with Gasteiger partial charge in [0.2, 0.25) is 0 Å². The minimum atomic E-state index is -5.84. The first kappa shape index (κ1) is 17.2.